The molecule has 0 aliphatic carbocycles. The van der Waals surface area contributed by atoms with Crippen molar-refractivity contribution in [3.8, 4) is 0 Å². The van der Waals surface area contributed by atoms with E-state index in [4.69, 9.17) is 16.7 Å². The standard InChI is InChI=1S/C12H18ClN7O2S/c1-18-10-9(7-15-18)11(17-12(13)16-10)20-5-3-8(4-6-20)19(2)23(14,21)22/h7-8H,3-6H2,1-2H3,(H2,14,21,22). The van der Waals surface area contributed by atoms with Gasteiger partial charge < -0.3 is 4.90 Å². The minimum absolute atomic E-state index is 0.108. The zero-order valence-electron chi connectivity index (χ0n) is 12.8. The molecule has 0 radical (unpaired) electrons. The van der Waals surface area contributed by atoms with Crippen LogP contribution in [0.4, 0.5) is 5.82 Å². The molecule has 0 amide bonds. The second kappa shape index (κ2) is 5.86. The molecule has 23 heavy (non-hydrogen) atoms. The highest BCUT2D eigenvalue weighted by molar-refractivity contribution is 7.86. The summed E-state index contributed by atoms with van der Waals surface area (Å²) in [6.07, 6.45) is 3.04. The molecule has 0 saturated carbocycles. The van der Waals surface area contributed by atoms with Crippen LogP contribution in [0.2, 0.25) is 5.28 Å². The molecule has 3 rings (SSSR count). The van der Waals surface area contributed by atoms with Gasteiger partial charge in [0, 0.05) is 33.2 Å². The van der Waals surface area contributed by atoms with Crippen LogP contribution in [-0.4, -0.2) is 58.7 Å². The number of hydrogen-bond acceptors (Lipinski definition) is 6. The van der Waals surface area contributed by atoms with E-state index in [-0.39, 0.29) is 11.3 Å². The van der Waals surface area contributed by atoms with Crippen molar-refractivity contribution in [3.63, 3.8) is 0 Å². The van der Waals surface area contributed by atoms with Crippen molar-refractivity contribution >= 4 is 38.7 Å². The van der Waals surface area contributed by atoms with Crippen LogP contribution in [0, 0.1) is 0 Å². The number of rotatable bonds is 3. The summed E-state index contributed by atoms with van der Waals surface area (Å²) in [5.41, 5.74) is 0.670. The molecule has 2 aromatic rings. The number of halogens is 1. The number of anilines is 1. The molecule has 1 aliphatic rings. The number of hydrogen-bond donors (Lipinski definition) is 1. The van der Waals surface area contributed by atoms with Gasteiger partial charge in [0.25, 0.3) is 10.2 Å². The monoisotopic (exact) mass is 359 g/mol. The van der Waals surface area contributed by atoms with E-state index < -0.39 is 10.2 Å². The van der Waals surface area contributed by atoms with Gasteiger partial charge in [-0.05, 0) is 24.4 Å². The maximum atomic E-state index is 11.4. The molecule has 1 aliphatic heterocycles. The number of nitrogens with zero attached hydrogens (tertiary/aromatic N) is 6. The number of aryl methyl sites for hydroxylation is 1. The molecule has 1 saturated heterocycles. The first-order valence-electron chi connectivity index (χ1n) is 7.13. The van der Waals surface area contributed by atoms with Crippen molar-refractivity contribution in [3.05, 3.63) is 11.5 Å². The van der Waals surface area contributed by atoms with Crippen molar-refractivity contribution in [2.24, 2.45) is 12.2 Å². The fourth-order valence-corrected chi connectivity index (χ4v) is 3.66. The van der Waals surface area contributed by atoms with Crippen LogP contribution < -0.4 is 10.0 Å². The smallest absolute Gasteiger partial charge is 0.276 e. The summed E-state index contributed by atoms with van der Waals surface area (Å²) in [5.74, 6) is 0.727. The van der Waals surface area contributed by atoms with Crippen LogP contribution in [0.3, 0.4) is 0 Å². The minimum atomic E-state index is -3.67. The Hall–Kier alpha value is -1.49. The van der Waals surface area contributed by atoms with Gasteiger partial charge in [0.05, 0.1) is 11.6 Å². The number of piperidine rings is 1. The molecule has 2 aromatic heterocycles. The summed E-state index contributed by atoms with van der Waals surface area (Å²) in [6.45, 7) is 1.31. The fraction of sp³-hybridized carbons (Fsp3) is 0.583. The second-order valence-corrected chi connectivity index (χ2v) is 7.55. The molecule has 0 unspecified atom stereocenters. The van der Waals surface area contributed by atoms with Gasteiger partial charge in [-0.1, -0.05) is 0 Å². The average molecular weight is 360 g/mol. The molecule has 9 nitrogen and oxygen atoms in total. The van der Waals surface area contributed by atoms with Crippen molar-refractivity contribution in [1.29, 1.82) is 0 Å². The zero-order chi connectivity index (χ0) is 16.8. The van der Waals surface area contributed by atoms with Gasteiger partial charge in [-0.3, -0.25) is 4.68 Å². The van der Waals surface area contributed by atoms with Crippen molar-refractivity contribution < 1.29 is 8.42 Å². The largest absolute Gasteiger partial charge is 0.356 e. The Morgan fingerprint density at radius 1 is 1.35 bits per heavy atom. The molecule has 2 N–H and O–H groups in total. The van der Waals surface area contributed by atoms with Gasteiger partial charge in [0.1, 0.15) is 5.82 Å². The van der Waals surface area contributed by atoms with Crippen LogP contribution in [0.25, 0.3) is 11.0 Å². The van der Waals surface area contributed by atoms with E-state index in [2.05, 4.69) is 20.0 Å². The quantitative estimate of drug-likeness (QED) is 0.779. The highest BCUT2D eigenvalue weighted by Crippen LogP contribution is 2.28. The summed E-state index contributed by atoms with van der Waals surface area (Å²) >= 11 is 6.02. The predicted octanol–water partition coefficient (Wildman–Crippen LogP) is 0.121. The topological polar surface area (TPSA) is 110 Å². The van der Waals surface area contributed by atoms with E-state index >= 15 is 0 Å². The van der Waals surface area contributed by atoms with E-state index in [1.807, 2.05) is 0 Å². The van der Waals surface area contributed by atoms with Gasteiger partial charge >= 0.3 is 0 Å². The lowest BCUT2D eigenvalue weighted by atomic mass is 10.1. The molecule has 3 heterocycles. The van der Waals surface area contributed by atoms with Crippen LogP contribution in [0.5, 0.6) is 0 Å². The first kappa shape index (κ1) is 16.4. The summed E-state index contributed by atoms with van der Waals surface area (Å²) in [5, 5.41) is 10.4. The maximum absolute atomic E-state index is 11.4. The second-order valence-electron chi connectivity index (χ2n) is 5.60. The van der Waals surface area contributed by atoms with Crippen LogP contribution in [-0.2, 0) is 17.3 Å². The summed E-state index contributed by atoms with van der Waals surface area (Å²) in [7, 11) is -0.363. The third-order valence-corrected chi connectivity index (χ3v) is 5.49. The highest BCUT2D eigenvalue weighted by Gasteiger charge is 2.29. The van der Waals surface area contributed by atoms with E-state index in [1.165, 1.54) is 11.4 Å². The van der Waals surface area contributed by atoms with Crippen LogP contribution in [0.1, 0.15) is 12.8 Å². The molecular weight excluding hydrogens is 342 g/mol. The SMILES string of the molecule is CN(C1CCN(c2nc(Cl)nc3c2cnn3C)CC1)S(N)(=O)=O. The van der Waals surface area contributed by atoms with Gasteiger partial charge in [0.15, 0.2) is 5.65 Å². The zero-order valence-corrected chi connectivity index (χ0v) is 14.4. The lowest BCUT2D eigenvalue weighted by Gasteiger charge is -2.36. The Bertz CT molecular complexity index is 829. The Morgan fingerprint density at radius 2 is 2.00 bits per heavy atom. The van der Waals surface area contributed by atoms with Crippen LogP contribution >= 0.6 is 11.6 Å². The van der Waals surface area contributed by atoms with Gasteiger partial charge in [-0.25, -0.2) is 5.14 Å². The summed E-state index contributed by atoms with van der Waals surface area (Å²) in [4.78, 5) is 10.6. The number of aromatic nitrogens is 4. The molecular formula is C12H18ClN7O2S. The third-order valence-electron chi connectivity index (χ3n) is 4.22. The number of nitrogens with two attached hydrogens (primary N) is 1. The Balaban J connectivity index is 1.83. The minimum Gasteiger partial charge on any atom is -0.356 e. The highest BCUT2D eigenvalue weighted by atomic mass is 35.5. The van der Waals surface area contributed by atoms with E-state index in [0.717, 1.165) is 11.2 Å². The first-order valence-corrected chi connectivity index (χ1v) is 9.01. The lowest BCUT2D eigenvalue weighted by molar-refractivity contribution is 0.312. The van der Waals surface area contributed by atoms with Crippen molar-refractivity contribution in [2.75, 3.05) is 25.0 Å². The van der Waals surface area contributed by atoms with Gasteiger partial charge in [-0.15, -0.1) is 0 Å². The molecule has 126 valence electrons. The van der Waals surface area contributed by atoms with Crippen LogP contribution in [0.15, 0.2) is 6.20 Å². The van der Waals surface area contributed by atoms with Crippen molar-refractivity contribution in [1.82, 2.24) is 24.1 Å². The summed E-state index contributed by atoms with van der Waals surface area (Å²) < 4.78 is 25.8. The molecule has 11 heteroatoms. The Morgan fingerprint density at radius 3 is 2.61 bits per heavy atom. The molecule has 0 atom stereocenters. The summed E-state index contributed by atoms with van der Waals surface area (Å²) in [6, 6.07) is -0.108. The predicted molar refractivity (Wildman–Crippen MR) is 87.4 cm³/mol. The van der Waals surface area contributed by atoms with Gasteiger partial charge in [-0.2, -0.15) is 27.8 Å². The third kappa shape index (κ3) is 3.11. The molecule has 0 spiro atoms. The maximum Gasteiger partial charge on any atom is 0.276 e. The first-order chi connectivity index (χ1) is 10.8. The van der Waals surface area contributed by atoms with E-state index in [1.54, 1.807) is 17.9 Å². The van der Waals surface area contributed by atoms with Gasteiger partial charge in [0.2, 0.25) is 5.28 Å². The average Bonchev–Trinajstić information content (AvgIpc) is 2.86. The van der Waals surface area contributed by atoms with E-state index in [9.17, 15) is 8.42 Å². The molecule has 1 fully saturated rings. The van der Waals surface area contributed by atoms with E-state index in [0.29, 0.717) is 31.6 Å². The Labute approximate surface area is 139 Å². The van der Waals surface area contributed by atoms with Crippen molar-refractivity contribution in [2.45, 2.75) is 18.9 Å². The molecule has 0 aromatic carbocycles. The number of fused-ring (bicyclic) bond motifs is 1. The lowest BCUT2D eigenvalue weighted by Crippen LogP contribution is -2.47. The normalized spacial score (nSPS) is 17.3. The molecule has 0 bridgehead atoms. The Kier molecular flexibility index (Phi) is 4.17. The fourth-order valence-electron chi connectivity index (χ4n) is 2.87.